The molecule has 26 heavy (non-hydrogen) atoms. The molecule has 0 bridgehead atoms. The Labute approximate surface area is 152 Å². The van der Waals surface area contributed by atoms with Gasteiger partial charge in [-0.3, -0.25) is 29.4 Å². The molecule has 132 valence electrons. The second-order valence-corrected chi connectivity index (χ2v) is 6.42. The van der Waals surface area contributed by atoms with Gasteiger partial charge in [0.1, 0.15) is 0 Å². The van der Waals surface area contributed by atoms with E-state index in [9.17, 15) is 24.5 Å². The summed E-state index contributed by atoms with van der Waals surface area (Å²) in [6.45, 7) is 0.0998. The zero-order chi connectivity index (χ0) is 18.7. The summed E-state index contributed by atoms with van der Waals surface area (Å²) in [5.41, 5.74) is 1.14. The Kier molecular flexibility index (Phi) is 4.99. The number of amides is 3. The molecule has 8 nitrogen and oxygen atoms in total. The summed E-state index contributed by atoms with van der Waals surface area (Å²) in [6, 6.07) is 12.2. The second kappa shape index (κ2) is 7.36. The third kappa shape index (κ3) is 3.89. The van der Waals surface area contributed by atoms with Crippen LogP contribution in [0.1, 0.15) is 15.9 Å². The number of hydrogen-bond acceptors (Lipinski definition) is 6. The van der Waals surface area contributed by atoms with Crippen molar-refractivity contribution in [1.29, 1.82) is 0 Å². The molecule has 1 aliphatic rings. The Morgan fingerprint density at radius 2 is 1.96 bits per heavy atom. The normalized spacial score (nSPS) is 13.8. The van der Waals surface area contributed by atoms with E-state index in [4.69, 9.17) is 0 Å². The summed E-state index contributed by atoms with van der Waals surface area (Å²) in [5.74, 6) is -0.571. The van der Waals surface area contributed by atoms with Crippen LogP contribution < -0.4 is 5.32 Å². The molecule has 3 rings (SSSR count). The van der Waals surface area contributed by atoms with Gasteiger partial charge < -0.3 is 5.32 Å². The highest BCUT2D eigenvalue weighted by Gasteiger charge is 2.29. The summed E-state index contributed by atoms with van der Waals surface area (Å²) in [6.07, 6.45) is 0. The molecule has 2 aromatic carbocycles. The average molecular weight is 371 g/mol. The number of nitro groups is 1. The highest BCUT2D eigenvalue weighted by atomic mass is 32.2. The predicted molar refractivity (Wildman–Crippen MR) is 95.9 cm³/mol. The average Bonchev–Trinajstić information content (AvgIpc) is 2.94. The first-order chi connectivity index (χ1) is 12.4. The van der Waals surface area contributed by atoms with E-state index in [1.54, 1.807) is 30.3 Å². The fraction of sp³-hybridized carbons (Fsp3) is 0.118. The topological polar surface area (TPSA) is 110 Å². The van der Waals surface area contributed by atoms with E-state index in [1.807, 2.05) is 0 Å². The van der Waals surface area contributed by atoms with Gasteiger partial charge in [-0.15, -0.1) is 0 Å². The largest absolute Gasteiger partial charge is 0.322 e. The van der Waals surface area contributed by atoms with Gasteiger partial charge >= 0.3 is 0 Å². The maximum atomic E-state index is 12.4. The molecule has 0 spiro atoms. The fourth-order valence-electron chi connectivity index (χ4n) is 2.43. The number of thioether (sulfide) groups is 1. The Balaban J connectivity index is 1.74. The first kappa shape index (κ1) is 17.6. The molecule has 0 aromatic heterocycles. The van der Waals surface area contributed by atoms with Crippen molar-refractivity contribution >= 4 is 40.2 Å². The van der Waals surface area contributed by atoms with Crippen LogP contribution in [0, 0.1) is 10.1 Å². The Hall–Kier alpha value is -3.20. The van der Waals surface area contributed by atoms with Crippen LogP contribution in [0.4, 0.5) is 16.2 Å². The number of non-ortho nitro benzene ring substituents is 1. The molecule has 2 aromatic rings. The van der Waals surface area contributed by atoms with E-state index in [1.165, 1.54) is 18.2 Å². The van der Waals surface area contributed by atoms with Gasteiger partial charge in [0.25, 0.3) is 16.8 Å². The van der Waals surface area contributed by atoms with Crippen LogP contribution in [0.25, 0.3) is 0 Å². The number of hydrogen-bond donors (Lipinski definition) is 1. The molecule has 1 saturated heterocycles. The molecule has 0 radical (unpaired) electrons. The molecule has 9 heteroatoms. The summed E-state index contributed by atoms with van der Waals surface area (Å²) >= 11 is 0.952. The van der Waals surface area contributed by atoms with Gasteiger partial charge in [0, 0.05) is 23.4 Å². The van der Waals surface area contributed by atoms with Crippen molar-refractivity contribution in [3.8, 4) is 0 Å². The highest BCUT2D eigenvalue weighted by molar-refractivity contribution is 8.14. The number of carbonyl (C=O) groups excluding carboxylic acids is 3. The summed E-state index contributed by atoms with van der Waals surface area (Å²) in [4.78, 5) is 47.1. The van der Waals surface area contributed by atoms with Crippen LogP contribution in [0.3, 0.4) is 0 Å². The summed E-state index contributed by atoms with van der Waals surface area (Å²) < 4.78 is 0. The van der Waals surface area contributed by atoms with Crippen LogP contribution in [-0.2, 0) is 11.3 Å². The lowest BCUT2D eigenvalue weighted by Crippen LogP contribution is -2.28. The molecule has 1 fully saturated rings. The Bertz CT molecular complexity index is 899. The quantitative estimate of drug-likeness (QED) is 0.639. The standard InChI is InChI=1S/C17H13N3O5S/c21-15-10-26-17(23)19(15)9-11-3-1-4-12(7-11)16(22)18-13-5-2-6-14(8-13)20(24)25/h1-8H,9-10H2,(H,18,22). The molecule has 1 heterocycles. The minimum absolute atomic E-state index is 0.0998. The van der Waals surface area contributed by atoms with Crippen LogP contribution in [0.5, 0.6) is 0 Å². The summed E-state index contributed by atoms with van der Waals surface area (Å²) in [7, 11) is 0. The molecule has 3 amide bonds. The van der Waals surface area contributed by atoms with E-state index < -0.39 is 10.8 Å². The second-order valence-electron chi connectivity index (χ2n) is 5.50. The Morgan fingerprint density at radius 1 is 1.19 bits per heavy atom. The lowest BCUT2D eigenvalue weighted by Gasteiger charge is -2.13. The minimum Gasteiger partial charge on any atom is -0.322 e. The van der Waals surface area contributed by atoms with Crippen molar-refractivity contribution in [3.63, 3.8) is 0 Å². The van der Waals surface area contributed by atoms with Crippen LogP contribution in [-0.4, -0.2) is 32.6 Å². The number of nitro benzene ring substituents is 1. The predicted octanol–water partition coefficient (Wildman–Crippen LogP) is 3.04. The zero-order valence-corrected chi connectivity index (χ0v) is 14.2. The van der Waals surface area contributed by atoms with E-state index in [0.29, 0.717) is 16.8 Å². The maximum absolute atomic E-state index is 12.4. The number of imide groups is 1. The van der Waals surface area contributed by atoms with Gasteiger partial charge in [-0.2, -0.15) is 0 Å². The molecular formula is C17H13N3O5S. The molecule has 0 unspecified atom stereocenters. The van der Waals surface area contributed by atoms with Gasteiger partial charge in [0.2, 0.25) is 5.91 Å². The Morgan fingerprint density at radius 3 is 2.65 bits per heavy atom. The van der Waals surface area contributed by atoms with Crippen LogP contribution in [0.2, 0.25) is 0 Å². The number of rotatable bonds is 5. The first-order valence-electron chi connectivity index (χ1n) is 7.56. The van der Waals surface area contributed by atoms with E-state index in [0.717, 1.165) is 16.7 Å². The smallest absolute Gasteiger partial charge is 0.289 e. The number of nitrogens with zero attached hydrogens (tertiary/aromatic N) is 2. The lowest BCUT2D eigenvalue weighted by atomic mass is 10.1. The van der Waals surface area contributed by atoms with E-state index >= 15 is 0 Å². The van der Waals surface area contributed by atoms with Crippen molar-refractivity contribution in [1.82, 2.24) is 4.90 Å². The fourth-order valence-corrected chi connectivity index (χ4v) is 3.15. The van der Waals surface area contributed by atoms with Gasteiger partial charge in [-0.1, -0.05) is 30.0 Å². The van der Waals surface area contributed by atoms with Crippen molar-refractivity contribution in [2.45, 2.75) is 6.54 Å². The zero-order valence-electron chi connectivity index (χ0n) is 13.4. The van der Waals surface area contributed by atoms with Crippen molar-refractivity contribution in [2.75, 3.05) is 11.1 Å². The maximum Gasteiger partial charge on any atom is 0.289 e. The number of anilines is 1. The number of carbonyl (C=O) groups is 3. The molecule has 1 aliphatic heterocycles. The van der Waals surface area contributed by atoms with Crippen LogP contribution in [0.15, 0.2) is 48.5 Å². The minimum atomic E-state index is -0.543. The number of benzene rings is 2. The molecule has 0 atom stereocenters. The molecular weight excluding hydrogens is 358 g/mol. The molecule has 0 saturated carbocycles. The van der Waals surface area contributed by atoms with Gasteiger partial charge in [-0.05, 0) is 23.8 Å². The van der Waals surface area contributed by atoms with Crippen molar-refractivity contribution in [3.05, 3.63) is 69.8 Å². The van der Waals surface area contributed by atoms with Gasteiger partial charge in [-0.25, -0.2) is 0 Å². The van der Waals surface area contributed by atoms with Gasteiger partial charge in [0.05, 0.1) is 17.2 Å². The molecule has 1 N–H and O–H groups in total. The summed E-state index contributed by atoms with van der Waals surface area (Å²) in [5, 5.41) is 13.1. The number of nitrogens with one attached hydrogen (secondary N) is 1. The SMILES string of the molecule is O=C(Nc1cccc([N+](=O)[O-])c1)c1cccc(CN2C(=O)CSC2=O)c1. The monoisotopic (exact) mass is 371 g/mol. The highest BCUT2D eigenvalue weighted by Crippen LogP contribution is 2.22. The molecule has 0 aliphatic carbocycles. The third-order valence-electron chi connectivity index (χ3n) is 3.69. The van der Waals surface area contributed by atoms with Crippen molar-refractivity contribution < 1.29 is 19.3 Å². The van der Waals surface area contributed by atoms with E-state index in [2.05, 4.69) is 5.32 Å². The van der Waals surface area contributed by atoms with E-state index in [-0.39, 0.29) is 29.1 Å². The van der Waals surface area contributed by atoms with Gasteiger partial charge in [0.15, 0.2) is 0 Å². The van der Waals surface area contributed by atoms with Crippen LogP contribution >= 0.6 is 11.8 Å². The third-order valence-corrected chi connectivity index (χ3v) is 4.54. The van der Waals surface area contributed by atoms with Crippen molar-refractivity contribution in [2.24, 2.45) is 0 Å². The lowest BCUT2D eigenvalue weighted by molar-refractivity contribution is -0.384. The first-order valence-corrected chi connectivity index (χ1v) is 8.54.